The Morgan fingerprint density at radius 3 is 2.50 bits per heavy atom. The van der Waals surface area contributed by atoms with Gasteiger partial charge in [0.15, 0.2) is 0 Å². The van der Waals surface area contributed by atoms with E-state index >= 15 is 0 Å². The Morgan fingerprint density at radius 1 is 1.25 bits per heavy atom. The molecule has 0 fully saturated rings. The van der Waals surface area contributed by atoms with Crippen LogP contribution in [0.15, 0.2) is 22.8 Å². The van der Waals surface area contributed by atoms with Gasteiger partial charge in [-0.25, -0.2) is 4.98 Å². The zero-order valence-corrected chi connectivity index (χ0v) is 14.1. The van der Waals surface area contributed by atoms with E-state index in [4.69, 9.17) is 0 Å². The smallest absolute Gasteiger partial charge is 0.137 e. The van der Waals surface area contributed by atoms with Crippen LogP contribution >= 0.6 is 15.9 Å². The van der Waals surface area contributed by atoms with E-state index in [-0.39, 0.29) is 0 Å². The molecule has 108 valence electrons. The Morgan fingerprint density at radius 2 is 1.90 bits per heavy atom. The number of hydrogen-bond donors (Lipinski definition) is 2. The molecule has 0 saturated carbocycles. The molecule has 0 aliphatic heterocycles. The van der Waals surface area contributed by atoms with Crippen molar-refractivity contribution in [2.75, 3.05) is 6.54 Å². The largest absolute Gasteiger partial charge is 0.341 e. The van der Waals surface area contributed by atoms with Crippen LogP contribution in [0.1, 0.15) is 30.7 Å². The number of rotatable bonds is 5. The minimum absolute atomic E-state index is 0.661. The Balaban J connectivity index is 2.12. The third-order valence-electron chi connectivity index (χ3n) is 3.21. The number of benzene rings is 1. The lowest BCUT2D eigenvalue weighted by atomic mass is 10.1. The molecule has 0 radical (unpaired) electrons. The van der Waals surface area contributed by atoms with Crippen molar-refractivity contribution in [1.29, 1.82) is 0 Å². The van der Waals surface area contributed by atoms with E-state index in [1.807, 2.05) is 6.20 Å². The maximum Gasteiger partial charge on any atom is 0.137 e. The van der Waals surface area contributed by atoms with Crippen LogP contribution in [0.25, 0.3) is 11.4 Å². The summed E-state index contributed by atoms with van der Waals surface area (Å²) >= 11 is 3.60. The van der Waals surface area contributed by atoms with Crippen LogP contribution in [0.3, 0.4) is 0 Å². The summed E-state index contributed by atoms with van der Waals surface area (Å²) < 4.78 is 1.17. The lowest BCUT2D eigenvalue weighted by Crippen LogP contribution is -2.19. The van der Waals surface area contributed by atoms with Gasteiger partial charge >= 0.3 is 0 Å². The summed E-state index contributed by atoms with van der Waals surface area (Å²) in [5.41, 5.74) is 4.73. The van der Waals surface area contributed by atoms with Gasteiger partial charge in [0.2, 0.25) is 0 Å². The second-order valence-electron chi connectivity index (χ2n) is 5.71. The van der Waals surface area contributed by atoms with Crippen LogP contribution in [0.4, 0.5) is 0 Å². The zero-order valence-electron chi connectivity index (χ0n) is 12.5. The van der Waals surface area contributed by atoms with Crippen molar-refractivity contribution < 1.29 is 0 Å². The van der Waals surface area contributed by atoms with Gasteiger partial charge in [0.1, 0.15) is 5.82 Å². The number of aromatic amines is 1. The quantitative estimate of drug-likeness (QED) is 0.859. The second-order valence-corrected chi connectivity index (χ2v) is 6.50. The molecule has 0 aliphatic rings. The first-order valence-electron chi connectivity index (χ1n) is 6.99. The molecule has 0 aliphatic carbocycles. The average molecular weight is 336 g/mol. The van der Waals surface area contributed by atoms with Crippen molar-refractivity contribution in [2.45, 2.75) is 34.2 Å². The molecule has 0 atom stereocenters. The first-order chi connectivity index (χ1) is 9.47. The molecule has 0 bridgehead atoms. The lowest BCUT2D eigenvalue weighted by Gasteiger charge is -2.07. The summed E-state index contributed by atoms with van der Waals surface area (Å²) in [5, 5.41) is 3.42. The molecule has 0 saturated heterocycles. The average Bonchev–Trinajstić information content (AvgIpc) is 2.83. The number of hydrogen-bond acceptors (Lipinski definition) is 2. The Kier molecular flexibility index (Phi) is 5.00. The topological polar surface area (TPSA) is 40.7 Å². The number of halogens is 1. The molecule has 3 nitrogen and oxygen atoms in total. The summed E-state index contributed by atoms with van der Waals surface area (Å²) in [6.45, 7) is 10.5. The summed E-state index contributed by atoms with van der Waals surface area (Å²) in [6, 6.07) is 4.31. The normalized spacial score (nSPS) is 11.3. The third-order valence-corrected chi connectivity index (χ3v) is 4.46. The van der Waals surface area contributed by atoms with E-state index in [9.17, 15) is 0 Å². The van der Waals surface area contributed by atoms with Gasteiger partial charge in [-0.2, -0.15) is 0 Å². The SMILES string of the molecule is Cc1cc(-c2ncc(CNCC(C)C)[nH]2)cc(C)c1Br. The minimum Gasteiger partial charge on any atom is -0.341 e. The minimum atomic E-state index is 0.661. The second kappa shape index (κ2) is 6.55. The van der Waals surface area contributed by atoms with Crippen LogP contribution < -0.4 is 5.32 Å². The molecular weight excluding hydrogens is 314 g/mol. The molecule has 2 rings (SSSR count). The highest BCUT2D eigenvalue weighted by molar-refractivity contribution is 9.10. The van der Waals surface area contributed by atoms with Gasteiger partial charge in [-0.1, -0.05) is 29.8 Å². The number of nitrogens with one attached hydrogen (secondary N) is 2. The third kappa shape index (κ3) is 3.70. The number of aryl methyl sites for hydroxylation is 2. The number of nitrogens with zero attached hydrogens (tertiary/aromatic N) is 1. The van der Waals surface area contributed by atoms with Crippen LogP contribution in [0, 0.1) is 19.8 Å². The monoisotopic (exact) mass is 335 g/mol. The fourth-order valence-corrected chi connectivity index (χ4v) is 2.40. The number of aromatic nitrogens is 2. The van der Waals surface area contributed by atoms with Crippen LogP contribution in [-0.4, -0.2) is 16.5 Å². The Labute approximate surface area is 129 Å². The van der Waals surface area contributed by atoms with E-state index in [2.05, 4.69) is 71.0 Å². The van der Waals surface area contributed by atoms with Crippen molar-refractivity contribution >= 4 is 15.9 Å². The van der Waals surface area contributed by atoms with Gasteiger partial charge in [0.05, 0.1) is 0 Å². The highest BCUT2D eigenvalue weighted by Gasteiger charge is 2.07. The van der Waals surface area contributed by atoms with E-state index in [0.29, 0.717) is 5.92 Å². The zero-order chi connectivity index (χ0) is 14.7. The van der Waals surface area contributed by atoms with E-state index in [1.54, 1.807) is 0 Å². The van der Waals surface area contributed by atoms with Gasteiger partial charge in [-0.05, 0) is 49.6 Å². The van der Waals surface area contributed by atoms with Crippen LogP contribution in [-0.2, 0) is 6.54 Å². The molecule has 0 spiro atoms. The predicted molar refractivity (Wildman–Crippen MR) is 87.7 cm³/mol. The van der Waals surface area contributed by atoms with Gasteiger partial charge < -0.3 is 10.3 Å². The maximum atomic E-state index is 4.49. The lowest BCUT2D eigenvalue weighted by molar-refractivity contribution is 0.549. The van der Waals surface area contributed by atoms with Crippen molar-refractivity contribution in [2.24, 2.45) is 5.92 Å². The van der Waals surface area contributed by atoms with Crippen molar-refractivity contribution in [3.05, 3.63) is 39.6 Å². The van der Waals surface area contributed by atoms with E-state index < -0.39 is 0 Å². The van der Waals surface area contributed by atoms with Gasteiger partial charge in [0.25, 0.3) is 0 Å². The van der Waals surface area contributed by atoms with Crippen LogP contribution in [0.2, 0.25) is 0 Å². The molecule has 0 unspecified atom stereocenters. The summed E-state index contributed by atoms with van der Waals surface area (Å²) in [7, 11) is 0. The van der Waals surface area contributed by atoms with Crippen molar-refractivity contribution in [3.63, 3.8) is 0 Å². The highest BCUT2D eigenvalue weighted by atomic mass is 79.9. The molecular formula is C16H22BrN3. The molecule has 20 heavy (non-hydrogen) atoms. The number of H-pyrrole nitrogens is 1. The standard InChI is InChI=1S/C16H22BrN3/c1-10(2)7-18-8-14-9-19-16(20-14)13-5-11(3)15(17)12(4)6-13/h5-6,9-10,18H,7-8H2,1-4H3,(H,19,20). The van der Waals surface area contributed by atoms with Gasteiger partial charge in [-0.3, -0.25) is 0 Å². The van der Waals surface area contributed by atoms with Crippen molar-refractivity contribution in [3.8, 4) is 11.4 Å². The van der Waals surface area contributed by atoms with Crippen molar-refractivity contribution in [1.82, 2.24) is 15.3 Å². The molecule has 4 heteroatoms. The summed E-state index contributed by atoms with van der Waals surface area (Å²) in [6.07, 6.45) is 1.91. The Bertz CT molecular complexity index is 564. The fraction of sp³-hybridized carbons (Fsp3) is 0.438. The Hall–Kier alpha value is -1.13. The molecule has 1 aromatic heterocycles. The molecule has 0 amide bonds. The maximum absolute atomic E-state index is 4.49. The fourth-order valence-electron chi connectivity index (χ4n) is 2.17. The van der Waals surface area contributed by atoms with Crippen LogP contribution in [0.5, 0.6) is 0 Å². The summed E-state index contributed by atoms with van der Waals surface area (Å²) in [4.78, 5) is 7.87. The van der Waals surface area contributed by atoms with E-state index in [1.165, 1.54) is 15.6 Å². The van der Waals surface area contributed by atoms with E-state index in [0.717, 1.165) is 30.2 Å². The predicted octanol–water partition coefficient (Wildman–Crippen LogP) is 4.20. The summed E-state index contributed by atoms with van der Waals surface area (Å²) in [5.74, 6) is 1.60. The van der Waals surface area contributed by atoms with Gasteiger partial charge in [-0.15, -0.1) is 0 Å². The first kappa shape index (κ1) is 15.3. The molecule has 2 N–H and O–H groups in total. The number of imidazole rings is 1. The molecule has 1 aromatic carbocycles. The first-order valence-corrected chi connectivity index (χ1v) is 7.78. The van der Waals surface area contributed by atoms with Gasteiger partial charge in [0, 0.05) is 28.5 Å². The molecule has 2 aromatic rings. The highest BCUT2D eigenvalue weighted by Crippen LogP contribution is 2.27. The molecule has 1 heterocycles.